The molecule has 0 N–H and O–H groups in total. The SMILES string of the molecule is Cn1c(Br)cnc1Oc1ccccc1. The third-order valence-electron chi connectivity index (χ3n) is 1.84. The topological polar surface area (TPSA) is 27.1 Å². The van der Waals surface area contributed by atoms with E-state index in [1.54, 1.807) is 6.20 Å². The highest BCUT2D eigenvalue weighted by atomic mass is 79.9. The number of imidazole rings is 1. The fraction of sp³-hybridized carbons (Fsp3) is 0.100. The van der Waals surface area contributed by atoms with Gasteiger partial charge in [0, 0.05) is 7.05 Å². The van der Waals surface area contributed by atoms with Gasteiger partial charge in [-0.3, -0.25) is 4.57 Å². The minimum atomic E-state index is 0.572. The maximum atomic E-state index is 5.55. The van der Waals surface area contributed by atoms with Gasteiger partial charge in [0.05, 0.1) is 6.20 Å². The minimum absolute atomic E-state index is 0.572. The first-order valence-electron chi connectivity index (χ1n) is 4.17. The molecule has 0 saturated carbocycles. The van der Waals surface area contributed by atoms with Crippen LogP contribution in [0.25, 0.3) is 0 Å². The Balaban J connectivity index is 2.23. The number of ether oxygens (including phenoxy) is 1. The number of hydrogen-bond acceptors (Lipinski definition) is 2. The standard InChI is InChI=1S/C10H9BrN2O/c1-13-9(11)7-12-10(13)14-8-5-3-2-4-6-8/h2-7H,1H3. The zero-order valence-corrected chi connectivity index (χ0v) is 9.23. The largest absolute Gasteiger partial charge is 0.426 e. The summed E-state index contributed by atoms with van der Waals surface area (Å²) >= 11 is 3.35. The molecule has 4 heteroatoms. The van der Waals surface area contributed by atoms with Crippen molar-refractivity contribution in [1.29, 1.82) is 0 Å². The number of halogens is 1. The molecule has 0 fully saturated rings. The molecule has 0 aliphatic heterocycles. The molecule has 2 rings (SSSR count). The molecule has 0 bridgehead atoms. The molecule has 0 amide bonds. The third-order valence-corrected chi connectivity index (χ3v) is 2.58. The van der Waals surface area contributed by atoms with Crippen LogP contribution in [0.2, 0.25) is 0 Å². The second kappa shape index (κ2) is 3.84. The van der Waals surface area contributed by atoms with E-state index in [1.165, 1.54) is 0 Å². The predicted octanol–water partition coefficient (Wildman–Crippen LogP) is 2.97. The monoisotopic (exact) mass is 252 g/mol. The van der Waals surface area contributed by atoms with Crippen LogP contribution in [-0.4, -0.2) is 9.55 Å². The molecule has 72 valence electrons. The van der Waals surface area contributed by atoms with Crippen LogP contribution < -0.4 is 4.74 Å². The lowest BCUT2D eigenvalue weighted by Crippen LogP contribution is -1.94. The Morgan fingerprint density at radius 3 is 2.57 bits per heavy atom. The fourth-order valence-electron chi connectivity index (χ4n) is 1.06. The second-order valence-corrected chi connectivity index (χ2v) is 3.65. The molecule has 3 nitrogen and oxygen atoms in total. The maximum absolute atomic E-state index is 5.55. The summed E-state index contributed by atoms with van der Waals surface area (Å²) in [5, 5.41) is 0. The van der Waals surface area contributed by atoms with E-state index in [1.807, 2.05) is 41.9 Å². The first-order chi connectivity index (χ1) is 6.77. The Morgan fingerprint density at radius 2 is 2.00 bits per heavy atom. The molecule has 0 aliphatic rings. The van der Waals surface area contributed by atoms with Crippen molar-refractivity contribution in [1.82, 2.24) is 9.55 Å². The first kappa shape index (κ1) is 9.27. The van der Waals surface area contributed by atoms with E-state index in [-0.39, 0.29) is 0 Å². The molecule has 1 aromatic heterocycles. The van der Waals surface area contributed by atoms with E-state index < -0.39 is 0 Å². The smallest absolute Gasteiger partial charge is 0.302 e. The summed E-state index contributed by atoms with van der Waals surface area (Å²) in [6.07, 6.45) is 1.71. The summed E-state index contributed by atoms with van der Waals surface area (Å²) in [5.41, 5.74) is 0. The van der Waals surface area contributed by atoms with Gasteiger partial charge in [-0.2, -0.15) is 0 Å². The Bertz CT molecular complexity index is 425. The molecule has 2 aromatic rings. The van der Waals surface area contributed by atoms with Gasteiger partial charge in [0.1, 0.15) is 10.4 Å². The van der Waals surface area contributed by atoms with Crippen LogP contribution in [0, 0.1) is 0 Å². The zero-order chi connectivity index (χ0) is 9.97. The lowest BCUT2D eigenvalue weighted by molar-refractivity contribution is 0.423. The number of nitrogens with zero attached hydrogens (tertiary/aromatic N) is 2. The summed E-state index contributed by atoms with van der Waals surface area (Å²) < 4.78 is 8.27. The van der Waals surface area contributed by atoms with Gasteiger partial charge in [0.25, 0.3) is 0 Å². The number of benzene rings is 1. The highest BCUT2D eigenvalue weighted by molar-refractivity contribution is 9.10. The molecule has 0 atom stereocenters. The van der Waals surface area contributed by atoms with Gasteiger partial charge >= 0.3 is 6.01 Å². The number of rotatable bonds is 2. The van der Waals surface area contributed by atoms with E-state index in [0.29, 0.717) is 6.01 Å². The van der Waals surface area contributed by atoms with Gasteiger partial charge in [-0.05, 0) is 28.1 Å². The van der Waals surface area contributed by atoms with Crippen LogP contribution in [0.3, 0.4) is 0 Å². The molecule has 14 heavy (non-hydrogen) atoms. The molecular formula is C10H9BrN2O. The molecular weight excluding hydrogens is 244 g/mol. The van der Waals surface area contributed by atoms with Crippen LogP contribution in [0.4, 0.5) is 0 Å². The zero-order valence-electron chi connectivity index (χ0n) is 7.64. The number of hydrogen-bond donors (Lipinski definition) is 0. The highest BCUT2D eigenvalue weighted by Gasteiger charge is 2.05. The summed E-state index contributed by atoms with van der Waals surface area (Å²) in [5.74, 6) is 0.786. The summed E-state index contributed by atoms with van der Waals surface area (Å²) in [6.45, 7) is 0. The maximum Gasteiger partial charge on any atom is 0.302 e. The van der Waals surface area contributed by atoms with Crippen LogP contribution in [0.1, 0.15) is 0 Å². The van der Waals surface area contributed by atoms with Crippen LogP contribution >= 0.6 is 15.9 Å². The van der Waals surface area contributed by atoms with Gasteiger partial charge in [0.2, 0.25) is 0 Å². The van der Waals surface area contributed by atoms with E-state index in [2.05, 4.69) is 20.9 Å². The number of aromatic nitrogens is 2. The normalized spacial score (nSPS) is 10.1. The quantitative estimate of drug-likeness (QED) is 0.822. The van der Waals surface area contributed by atoms with Crippen molar-refractivity contribution < 1.29 is 4.74 Å². The Labute approximate surface area is 90.5 Å². The average Bonchev–Trinajstić information content (AvgIpc) is 2.52. The van der Waals surface area contributed by atoms with Gasteiger partial charge in [-0.25, -0.2) is 4.98 Å². The van der Waals surface area contributed by atoms with Gasteiger partial charge in [-0.15, -0.1) is 0 Å². The van der Waals surface area contributed by atoms with Crippen molar-refractivity contribution in [2.24, 2.45) is 7.05 Å². The van der Waals surface area contributed by atoms with Crippen molar-refractivity contribution >= 4 is 15.9 Å². The van der Waals surface area contributed by atoms with E-state index in [9.17, 15) is 0 Å². The Kier molecular flexibility index (Phi) is 2.54. The summed E-state index contributed by atoms with van der Waals surface area (Å²) in [7, 11) is 1.88. The van der Waals surface area contributed by atoms with Gasteiger partial charge in [-0.1, -0.05) is 18.2 Å². The van der Waals surface area contributed by atoms with E-state index in [0.717, 1.165) is 10.4 Å². The van der Waals surface area contributed by atoms with Crippen molar-refractivity contribution in [3.8, 4) is 11.8 Å². The predicted molar refractivity (Wildman–Crippen MR) is 57.4 cm³/mol. The van der Waals surface area contributed by atoms with Gasteiger partial charge in [0.15, 0.2) is 0 Å². The van der Waals surface area contributed by atoms with Crippen LogP contribution in [0.15, 0.2) is 41.1 Å². The summed E-state index contributed by atoms with van der Waals surface area (Å²) in [4.78, 5) is 4.10. The Morgan fingerprint density at radius 1 is 1.29 bits per heavy atom. The molecule has 0 unspecified atom stereocenters. The number of para-hydroxylation sites is 1. The first-order valence-corrected chi connectivity index (χ1v) is 4.97. The van der Waals surface area contributed by atoms with Crippen molar-refractivity contribution in [2.75, 3.05) is 0 Å². The lowest BCUT2D eigenvalue weighted by Gasteiger charge is -2.04. The third kappa shape index (κ3) is 1.80. The Hall–Kier alpha value is -1.29. The molecule has 0 saturated heterocycles. The van der Waals surface area contributed by atoms with Crippen molar-refractivity contribution in [2.45, 2.75) is 0 Å². The fourth-order valence-corrected chi connectivity index (χ4v) is 1.32. The lowest BCUT2D eigenvalue weighted by atomic mass is 10.3. The van der Waals surface area contributed by atoms with E-state index >= 15 is 0 Å². The van der Waals surface area contributed by atoms with Gasteiger partial charge < -0.3 is 4.74 Å². The molecule has 0 radical (unpaired) electrons. The second-order valence-electron chi connectivity index (χ2n) is 2.84. The molecule has 1 heterocycles. The minimum Gasteiger partial charge on any atom is -0.426 e. The van der Waals surface area contributed by atoms with Crippen molar-refractivity contribution in [3.05, 3.63) is 41.1 Å². The summed E-state index contributed by atoms with van der Waals surface area (Å²) in [6, 6.07) is 10.1. The van der Waals surface area contributed by atoms with Crippen molar-refractivity contribution in [3.63, 3.8) is 0 Å². The van der Waals surface area contributed by atoms with Crippen LogP contribution in [-0.2, 0) is 7.05 Å². The van der Waals surface area contributed by atoms with E-state index in [4.69, 9.17) is 4.74 Å². The van der Waals surface area contributed by atoms with Crippen LogP contribution in [0.5, 0.6) is 11.8 Å². The molecule has 0 aliphatic carbocycles. The average molecular weight is 253 g/mol. The molecule has 1 aromatic carbocycles. The highest BCUT2D eigenvalue weighted by Crippen LogP contribution is 2.21. The molecule has 0 spiro atoms.